The highest BCUT2D eigenvalue weighted by Crippen LogP contribution is 2.21. The molecule has 2 N–H and O–H groups in total. The number of aromatic nitrogens is 1. The number of H-pyrrole nitrogens is 1. The lowest BCUT2D eigenvalue weighted by Gasteiger charge is -2.02. The van der Waals surface area contributed by atoms with E-state index in [1.54, 1.807) is 43.5 Å². The minimum atomic E-state index is -1.00. The van der Waals surface area contributed by atoms with Gasteiger partial charge in [-0.15, -0.1) is 0 Å². The van der Waals surface area contributed by atoms with E-state index >= 15 is 0 Å². The number of nitrogens with one attached hydrogen (secondary N) is 1. The monoisotopic (exact) mass is 321 g/mol. The number of carbonyl (C=O) groups excluding carboxylic acids is 1. The minimum Gasteiger partial charge on any atom is -0.497 e. The molecule has 0 aliphatic carbocycles. The number of hydrogen-bond acceptors (Lipinski definition) is 3. The van der Waals surface area contributed by atoms with Crippen molar-refractivity contribution in [2.75, 3.05) is 7.11 Å². The molecular formula is C19H15NO4. The number of ketones is 1. The first-order valence-corrected chi connectivity index (χ1v) is 7.29. The molecule has 0 amide bonds. The topological polar surface area (TPSA) is 79.4 Å². The van der Waals surface area contributed by atoms with Crippen molar-refractivity contribution in [1.29, 1.82) is 0 Å². The van der Waals surface area contributed by atoms with Crippen molar-refractivity contribution >= 4 is 28.7 Å². The fraction of sp³-hybridized carbons (Fsp3) is 0.0526. The number of carbonyl (C=O) groups is 2. The minimum absolute atomic E-state index is 0.132. The zero-order chi connectivity index (χ0) is 17.1. The molecule has 3 aromatic rings. The Morgan fingerprint density at radius 3 is 2.71 bits per heavy atom. The maximum absolute atomic E-state index is 12.6. The van der Waals surface area contributed by atoms with Gasteiger partial charge in [-0.3, -0.25) is 4.79 Å². The third-order valence-electron chi connectivity index (χ3n) is 3.64. The van der Waals surface area contributed by atoms with Crippen LogP contribution in [0.25, 0.3) is 17.0 Å². The second-order valence-electron chi connectivity index (χ2n) is 5.26. The third-order valence-corrected chi connectivity index (χ3v) is 3.64. The van der Waals surface area contributed by atoms with Gasteiger partial charge < -0.3 is 14.8 Å². The van der Waals surface area contributed by atoms with E-state index in [0.29, 0.717) is 17.0 Å². The molecule has 120 valence electrons. The SMILES string of the molecule is COc1cccc(C(=O)c2cc3cc(/C=C/C(=O)O)ccc3[nH]2)c1. The smallest absolute Gasteiger partial charge is 0.328 e. The van der Waals surface area contributed by atoms with Crippen LogP contribution >= 0.6 is 0 Å². The first-order valence-electron chi connectivity index (χ1n) is 7.29. The molecule has 1 heterocycles. The van der Waals surface area contributed by atoms with Gasteiger partial charge in [0.1, 0.15) is 5.75 Å². The molecule has 0 atom stereocenters. The van der Waals surface area contributed by atoms with Crippen LogP contribution in [0.2, 0.25) is 0 Å². The molecule has 1 aromatic heterocycles. The van der Waals surface area contributed by atoms with Crippen LogP contribution in [0.15, 0.2) is 54.6 Å². The first kappa shape index (κ1) is 15.6. The van der Waals surface area contributed by atoms with Gasteiger partial charge in [0.05, 0.1) is 12.8 Å². The number of fused-ring (bicyclic) bond motifs is 1. The van der Waals surface area contributed by atoms with Crippen LogP contribution in [0.4, 0.5) is 0 Å². The molecule has 0 aliphatic rings. The van der Waals surface area contributed by atoms with E-state index in [1.807, 2.05) is 12.1 Å². The van der Waals surface area contributed by atoms with Gasteiger partial charge in [-0.1, -0.05) is 18.2 Å². The maximum Gasteiger partial charge on any atom is 0.328 e. The average molecular weight is 321 g/mol. The largest absolute Gasteiger partial charge is 0.497 e. The second-order valence-corrected chi connectivity index (χ2v) is 5.26. The Morgan fingerprint density at radius 2 is 1.96 bits per heavy atom. The summed E-state index contributed by atoms with van der Waals surface area (Å²) in [5, 5.41) is 9.53. The number of ether oxygens (including phenoxy) is 1. The van der Waals surface area contributed by atoms with Crippen molar-refractivity contribution in [2.45, 2.75) is 0 Å². The normalized spacial score (nSPS) is 11.0. The lowest BCUT2D eigenvalue weighted by molar-refractivity contribution is -0.131. The lowest BCUT2D eigenvalue weighted by atomic mass is 10.1. The molecule has 24 heavy (non-hydrogen) atoms. The van der Waals surface area contributed by atoms with Crippen LogP contribution in [-0.2, 0) is 4.79 Å². The van der Waals surface area contributed by atoms with Gasteiger partial charge >= 0.3 is 5.97 Å². The summed E-state index contributed by atoms with van der Waals surface area (Å²) in [4.78, 5) is 26.3. The van der Waals surface area contributed by atoms with Crippen LogP contribution in [0, 0.1) is 0 Å². The Labute approximate surface area is 138 Å². The number of carboxylic acid groups (broad SMARTS) is 1. The summed E-state index contributed by atoms with van der Waals surface area (Å²) in [7, 11) is 1.55. The Balaban J connectivity index is 1.95. The van der Waals surface area contributed by atoms with Crippen LogP contribution in [-0.4, -0.2) is 29.0 Å². The number of hydrogen-bond donors (Lipinski definition) is 2. The van der Waals surface area contributed by atoms with Crippen molar-refractivity contribution in [3.05, 3.63) is 71.4 Å². The first-order chi connectivity index (χ1) is 11.6. The molecule has 0 bridgehead atoms. The molecular weight excluding hydrogens is 306 g/mol. The van der Waals surface area contributed by atoms with E-state index in [4.69, 9.17) is 9.84 Å². The summed E-state index contributed by atoms with van der Waals surface area (Å²) in [6, 6.07) is 14.2. The molecule has 5 nitrogen and oxygen atoms in total. The van der Waals surface area contributed by atoms with Crippen LogP contribution in [0.5, 0.6) is 5.75 Å². The number of benzene rings is 2. The van der Waals surface area contributed by atoms with E-state index in [0.717, 1.165) is 22.5 Å². The summed E-state index contributed by atoms with van der Waals surface area (Å²) >= 11 is 0. The molecule has 0 aliphatic heterocycles. The fourth-order valence-electron chi connectivity index (χ4n) is 2.46. The Bertz CT molecular complexity index is 953. The summed E-state index contributed by atoms with van der Waals surface area (Å²) in [6.07, 6.45) is 2.59. The zero-order valence-corrected chi connectivity index (χ0v) is 12.9. The number of aliphatic carboxylic acids is 1. The van der Waals surface area contributed by atoms with E-state index < -0.39 is 5.97 Å². The Kier molecular flexibility index (Phi) is 4.16. The van der Waals surface area contributed by atoms with Gasteiger partial charge in [0.2, 0.25) is 5.78 Å². The number of rotatable bonds is 5. The highest BCUT2D eigenvalue weighted by molar-refractivity contribution is 6.10. The predicted molar refractivity (Wildman–Crippen MR) is 91.4 cm³/mol. The number of carboxylic acids is 1. The lowest BCUT2D eigenvalue weighted by Crippen LogP contribution is -2.01. The van der Waals surface area contributed by atoms with E-state index in [1.165, 1.54) is 6.08 Å². The summed E-state index contributed by atoms with van der Waals surface area (Å²) in [5.41, 5.74) is 2.57. The highest BCUT2D eigenvalue weighted by Gasteiger charge is 2.13. The van der Waals surface area contributed by atoms with Crippen LogP contribution in [0.1, 0.15) is 21.6 Å². The number of aromatic amines is 1. The van der Waals surface area contributed by atoms with Crippen LogP contribution < -0.4 is 4.74 Å². The standard InChI is InChI=1S/C19H15NO4/c1-24-15-4-2-3-13(10-15)19(23)17-11-14-9-12(6-8-18(21)22)5-7-16(14)20-17/h2-11,20H,1H3,(H,21,22)/b8-6+. The Hall–Kier alpha value is -3.34. The van der Waals surface area contributed by atoms with Crippen molar-refractivity contribution in [1.82, 2.24) is 4.98 Å². The molecule has 0 saturated heterocycles. The average Bonchev–Trinajstić information content (AvgIpc) is 3.02. The Morgan fingerprint density at radius 1 is 1.12 bits per heavy atom. The molecule has 0 spiro atoms. The van der Waals surface area contributed by atoms with Gasteiger partial charge in [0.25, 0.3) is 0 Å². The van der Waals surface area contributed by atoms with E-state index in [9.17, 15) is 9.59 Å². The molecule has 0 radical (unpaired) electrons. The van der Waals surface area contributed by atoms with E-state index in [2.05, 4.69) is 4.98 Å². The van der Waals surface area contributed by atoms with Gasteiger partial charge in [-0.25, -0.2) is 4.79 Å². The highest BCUT2D eigenvalue weighted by atomic mass is 16.5. The summed E-state index contributed by atoms with van der Waals surface area (Å²) < 4.78 is 5.14. The predicted octanol–water partition coefficient (Wildman–Crippen LogP) is 3.51. The molecule has 0 saturated carbocycles. The van der Waals surface area contributed by atoms with E-state index in [-0.39, 0.29) is 5.78 Å². The molecule has 5 heteroatoms. The van der Waals surface area contributed by atoms with Gasteiger partial charge in [-0.2, -0.15) is 0 Å². The van der Waals surface area contributed by atoms with Gasteiger partial charge in [0.15, 0.2) is 0 Å². The fourth-order valence-corrected chi connectivity index (χ4v) is 2.46. The second kappa shape index (κ2) is 6.42. The molecule has 0 fully saturated rings. The van der Waals surface area contributed by atoms with Crippen molar-refractivity contribution in [3.63, 3.8) is 0 Å². The van der Waals surface area contributed by atoms with Crippen molar-refractivity contribution in [2.24, 2.45) is 0 Å². The summed E-state index contributed by atoms with van der Waals surface area (Å²) in [5.74, 6) is -0.510. The van der Waals surface area contributed by atoms with Crippen molar-refractivity contribution in [3.8, 4) is 5.75 Å². The van der Waals surface area contributed by atoms with Gasteiger partial charge in [-0.05, 0) is 42.0 Å². The van der Waals surface area contributed by atoms with Crippen molar-refractivity contribution < 1.29 is 19.4 Å². The maximum atomic E-state index is 12.6. The van der Waals surface area contributed by atoms with Gasteiger partial charge in [0, 0.05) is 22.5 Å². The molecule has 2 aromatic carbocycles. The number of methoxy groups -OCH3 is 1. The molecule has 3 rings (SSSR count). The third kappa shape index (κ3) is 3.20. The molecule has 0 unspecified atom stereocenters. The quantitative estimate of drug-likeness (QED) is 0.557. The summed E-state index contributed by atoms with van der Waals surface area (Å²) in [6.45, 7) is 0. The zero-order valence-electron chi connectivity index (χ0n) is 12.9. The van der Waals surface area contributed by atoms with Crippen LogP contribution in [0.3, 0.4) is 0 Å².